The maximum atomic E-state index is 4.02. The minimum Gasteiger partial charge on any atom is -0.305 e. The lowest BCUT2D eigenvalue weighted by atomic mass is 9.97. The molecule has 0 spiro atoms. The van der Waals surface area contributed by atoms with Crippen molar-refractivity contribution < 1.29 is 0 Å². The molecule has 18 heavy (non-hydrogen) atoms. The van der Waals surface area contributed by atoms with Crippen molar-refractivity contribution in [2.24, 2.45) is 7.05 Å². The topological polar surface area (TPSA) is 42.7 Å². The molecule has 0 fully saturated rings. The van der Waals surface area contributed by atoms with Crippen molar-refractivity contribution in [1.82, 2.24) is 20.3 Å². The van der Waals surface area contributed by atoms with Crippen molar-refractivity contribution in [2.45, 2.75) is 26.8 Å². The lowest BCUT2D eigenvalue weighted by molar-refractivity contribution is 0.566. The van der Waals surface area contributed by atoms with Crippen LogP contribution in [0.5, 0.6) is 0 Å². The highest BCUT2D eigenvalue weighted by atomic mass is 15.4. The van der Waals surface area contributed by atoms with Crippen LogP contribution in [0.1, 0.15) is 35.3 Å². The fourth-order valence-corrected chi connectivity index (χ4v) is 2.21. The van der Waals surface area contributed by atoms with Crippen molar-refractivity contribution >= 4 is 0 Å². The van der Waals surface area contributed by atoms with Gasteiger partial charge < -0.3 is 5.32 Å². The van der Waals surface area contributed by atoms with Crippen LogP contribution in [-0.4, -0.2) is 21.5 Å². The summed E-state index contributed by atoms with van der Waals surface area (Å²) in [6.07, 6.45) is 1.83. The molecule has 4 heteroatoms. The van der Waals surface area contributed by atoms with Gasteiger partial charge >= 0.3 is 0 Å². The second-order valence-electron chi connectivity index (χ2n) is 4.63. The first-order chi connectivity index (χ1) is 8.63. The summed E-state index contributed by atoms with van der Waals surface area (Å²) >= 11 is 0. The van der Waals surface area contributed by atoms with Crippen molar-refractivity contribution in [3.8, 4) is 0 Å². The molecule has 4 nitrogen and oxygen atoms in total. The number of aryl methyl sites for hydroxylation is 3. The van der Waals surface area contributed by atoms with Crippen LogP contribution in [0.4, 0.5) is 0 Å². The van der Waals surface area contributed by atoms with E-state index in [1.807, 2.05) is 17.9 Å². The molecule has 1 heterocycles. The van der Waals surface area contributed by atoms with Crippen LogP contribution in [0.15, 0.2) is 24.4 Å². The van der Waals surface area contributed by atoms with Crippen LogP contribution in [0.2, 0.25) is 0 Å². The van der Waals surface area contributed by atoms with Gasteiger partial charge in [0.15, 0.2) is 0 Å². The summed E-state index contributed by atoms with van der Waals surface area (Å²) < 4.78 is 1.83. The summed E-state index contributed by atoms with van der Waals surface area (Å²) in [5.74, 6) is 0. The monoisotopic (exact) mass is 244 g/mol. The summed E-state index contributed by atoms with van der Waals surface area (Å²) in [4.78, 5) is 0. The average molecular weight is 244 g/mol. The fraction of sp³-hybridized carbons (Fsp3) is 0.429. The molecule has 1 aromatic heterocycles. The molecule has 1 N–H and O–H groups in total. The second-order valence-corrected chi connectivity index (χ2v) is 4.63. The van der Waals surface area contributed by atoms with Gasteiger partial charge in [0, 0.05) is 7.05 Å². The fourth-order valence-electron chi connectivity index (χ4n) is 2.21. The van der Waals surface area contributed by atoms with Gasteiger partial charge in [-0.3, -0.25) is 4.68 Å². The lowest BCUT2D eigenvalue weighted by Gasteiger charge is -2.20. The van der Waals surface area contributed by atoms with Crippen molar-refractivity contribution in [3.05, 3.63) is 46.8 Å². The summed E-state index contributed by atoms with van der Waals surface area (Å²) in [5.41, 5.74) is 4.94. The Labute approximate surface area is 108 Å². The largest absolute Gasteiger partial charge is 0.305 e. The van der Waals surface area contributed by atoms with E-state index in [2.05, 4.69) is 54.6 Å². The average Bonchev–Trinajstić information content (AvgIpc) is 2.76. The van der Waals surface area contributed by atoms with Crippen molar-refractivity contribution in [3.63, 3.8) is 0 Å². The lowest BCUT2D eigenvalue weighted by Crippen LogP contribution is -2.25. The highest BCUT2D eigenvalue weighted by Crippen LogP contribution is 2.24. The predicted molar refractivity (Wildman–Crippen MR) is 72.4 cm³/mol. The van der Waals surface area contributed by atoms with Crippen molar-refractivity contribution in [2.75, 3.05) is 6.54 Å². The van der Waals surface area contributed by atoms with E-state index in [1.54, 1.807) is 0 Å². The van der Waals surface area contributed by atoms with Crippen molar-refractivity contribution in [1.29, 1.82) is 0 Å². The molecule has 0 aliphatic carbocycles. The van der Waals surface area contributed by atoms with E-state index in [0.29, 0.717) is 0 Å². The van der Waals surface area contributed by atoms with Gasteiger partial charge in [-0.2, -0.15) is 0 Å². The third kappa shape index (κ3) is 2.43. The van der Waals surface area contributed by atoms with E-state index in [9.17, 15) is 0 Å². The number of nitrogens with zero attached hydrogens (tertiary/aromatic N) is 3. The van der Waals surface area contributed by atoms with E-state index < -0.39 is 0 Å². The Bertz CT molecular complexity index is 530. The Hall–Kier alpha value is -1.68. The summed E-state index contributed by atoms with van der Waals surface area (Å²) in [7, 11) is 1.93. The normalized spacial score (nSPS) is 12.7. The molecule has 0 saturated heterocycles. The number of benzene rings is 1. The van der Waals surface area contributed by atoms with E-state index in [1.165, 1.54) is 16.7 Å². The minimum absolute atomic E-state index is 0.148. The van der Waals surface area contributed by atoms with Gasteiger partial charge in [-0.1, -0.05) is 35.9 Å². The Balaban J connectivity index is 2.48. The molecule has 0 aliphatic heterocycles. The maximum absolute atomic E-state index is 4.02. The molecule has 0 bridgehead atoms. The Morgan fingerprint density at radius 1 is 1.33 bits per heavy atom. The molecule has 1 aromatic carbocycles. The van der Waals surface area contributed by atoms with Crippen LogP contribution in [0, 0.1) is 13.8 Å². The van der Waals surface area contributed by atoms with Crippen LogP contribution in [0.25, 0.3) is 0 Å². The van der Waals surface area contributed by atoms with Gasteiger partial charge in [-0.25, -0.2) is 0 Å². The summed E-state index contributed by atoms with van der Waals surface area (Å²) in [5, 5.41) is 11.5. The predicted octanol–water partition coefficient (Wildman–Crippen LogP) is 2.13. The van der Waals surface area contributed by atoms with Crippen LogP contribution < -0.4 is 5.32 Å². The first-order valence-corrected chi connectivity index (χ1v) is 6.28. The minimum atomic E-state index is 0.148. The Kier molecular flexibility index (Phi) is 3.77. The van der Waals surface area contributed by atoms with Gasteiger partial charge in [0.05, 0.1) is 17.9 Å². The number of nitrogens with one attached hydrogen (secondary N) is 1. The molecule has 1 atom stereocenters. The molecule has 0 saturated carbocycles. The SMILES string of the molecule is CCNC(c1cc(C)ccc1C)c1cnnn1C. The zero-order valence-electron chi connectivity index (χ0n) is 11.4. The second kappa shape index (κ2) is 5.31. The number of rotatable bonds is 4. The van der Waals surface area contributed by atoms with E-state index >= 15 is 0 Å². The molecule has 2 aromatic rings. The van der Waals surface area contributed by atoms with E-state index in [0.717, 1.165) is 12.2 Å². The number of hydrogen-bond acceptors (Lipinski definition) is 3. The van der Waals surface area contributed by atoms with Gasteiger partial charge in [0.1, 0.15) is 0 Å². The Morgan fingerprint density at radius 2 is 2.11 bits per heavy atom. The third-order valence-corrected chi connectivity index (χ3v) is 3.20. The highest BCUT2D eigenvalue weighted by Gasteiger charge is 2.18. The zero-order valence-corrected chi connectivity index (χ0v) is 11.4. The molecular weight excluding hydrogens is 224 g/mol. The standard InChI is InChI=1S/C14H20N4/c1-5-15-14(13-9-16-17-18(13)4)12-8-10(2)6-7-11(12)3/h6-9,14-15H,5H2,1-4H3. The summed E-state index contributed by atoms with van der Waals surface area (Å²) in [6.45, 7) is 7.28. The molecule has 0 radical (unpaired) electrons. The molecule has 2 rings (SSSR count). The summed E-state index contributed by atoms with van der Waals surface area (Å²) in [6, 6.07) is 6.69. The van der Waals surface area contributed by atoms with E-state index in [4.69, 9.17) is 0 Å². The first-order valence-electron chi connectivity index (χ1n) is 6.28. The smallest absolute Gasteiger partial charge is 0.0798 e. The maximum Gasteiger partial charge on any atom is 0.0798 e. The molecule has 0 amide bonds. The number of hydrogen-bond donors (Lipinski definition) is 1. The van der Waals surface area contributed by atoms with Crippen LogP contribution >= 0.6 is 0 Å². The van der Waals surface area contributed by atoms with Gasteiger partial charge in [0.2, 0.25) is 0 Å². The highest BCUT2D eigenvalue weighted by molar-refractivity contribution is 5.36. The van der Waals surface area contributed by atoms with E-state index in [-0.39, 0.29) is 6.04 Å². The number of aromatic nitrogens is 3. The molecular formula is C14H20N4. The molecule has 0 aliphatic rings. The Morgan fingerprint density at radius 3 is 2.72 bits per heavy atom. The first kappa shape index (κ1) is 12.8. The van der Waals surface area contributed by atoms with Crippen LogP contribution in [0.3, 0.4) is 0 Å². The quantitative estimate of drug-likeness (QED) is 0.896. The van der Waals surface area contributed by atoms with Crippen LogP contribution in [-0.2, 0) is 7.05 Å². The molecule has 96 valence electrons. The van der Waals surface area contributed by atoms with Gasteiger partial charge in [-0.05, 0) is 31.5 Å². The van der Waals surface area contributed by atoms with Gasteiger partial charge in [-0.15, -0.1) is 5.10 Å². The van der Waals surface area contributed by atoms with Gasteiger partial charge in [0.25, 0.3) is 0 Å². The zero-order chi connectivity index (χ0) is 13.1. The third-order valence-electron chi connectivity index (χ3n) is 3.20. The molecule has 1 unspecified atom stereocenters.